The van der Waals surface area contributed by atoms with Crippen LogP contribution in [0.5, 0.6) is 0 Å². The molecule has 0 bridgehead atoms. The summed E-state index contributed by atoms with van der Waals surface area (Å²) in [5.41, 5.74) is 0.444. The molecule has 1 unspecified atom stereocenters. The van der Waals surface area contributed by atoms with Crippen molar-refractivity contribution in [3.8, 4) is 6.07 Å². The summed E-state index contributed by atoms with van der Waals surface area (Å²) in [6.07, 6.45) is 1.75. The van der Waals surface area contributed by atoms with Gasteiger partial charge in [0, 0.05) is 17.8 Å². The van der Waals surface area contributed by atoms with Gasteiger partial charge >= 0.3 is 0 Å². The molecule has 0 aliphatic rings. The van der Waals surface area contributed by atoms with Crippen molar-refractivity contribution in [3.05, 3.63) is 29.0 Å². The number of nitrogens with one attached hydrogen (secondary N) is 1. The molecule has 0 aliphatic carbocycles. The van der Waals surface area contributed by atoms with E-state index in [-0.39, 0.29) is 23.5 Å². The largest absolute Gasteiger partial charge is 0.349 e. The van der Waals surface area contributed by atoms with E-state index in [4.69, 9.17) is 16.9 Å². The molecule has 1 N–H and O–H groups in total. The van der Waals surface area contributed by atoms with Crippen LogP contribution >= 0.6 is 11.6 Å². The van der Waals surface area contributed by atoms with Crippen LogP contribution in [0.25, 0.3) is 0 Å². The predicted molar refractivity (Wildman–Crippen MR) is 56.4 cm³/mol. The molecule has 1 rings (SSSR count). The fourth-order valence-electron chi connectivity index (χ4n) is 1.04. The summed E-state index contributed by atoms with van der Waals surface area (Å²) in [5, 5.41) is 11.4. The fraction of sp³-hybridized carbons (Fsp3) is 0.300. The van der Waals surface area contributed by atoms with Crippen LogP contribution in [0, 0.1) is 11.3 Å². The van der Waals surface area contributed by atoms with Gasteiger partial charge in [0.05, 0.1) is 12.5 Å². The average Bonchev–Trinajstić information content (AvgIpc) is 2.18. The number of aromatic nitrogens is 1. The lowest BCUT2D eigenvalue weighted by atomic mass is 10.2. The van der Waals surface area contributed by atoms with Gasteiger partial charge in [-0.25, -0.2) is 4.98 Å². The monoisotopic (exact) mass is 223 g/mol. The number of amides is 1. The van der Waals surface area contributed by atoms with E-state index in [2.05, 4.69) is 10.3 Å². The number of pyridine rings is 1. The summed E-state index contributed by atoms with van der Waals surface area (Å²) in [5.74, 6) is -0.248. The van der Waals surface area contributed by atoms with Gasteiger partial charge in [0.1, 0.15) is 5.15 Å². The number of nitriles is 1. The minimum absolute atomic E-state index is 0.172. The minimum Gasteiger partial charge on any atom is -0.349 e. The molecule has 0 radical (unpaired) electrons. The topological polar surface area (TPSA) is 65.8 Å². The molecule has 0 saturated carbocycles. The van der Waals surface area contributed by atoms with Gasteiger partial charge in [-0.15, -0.1) is 0 Å². The van der Waals surface area contributed by atoms with Crippen LogP contribution in [0.2, 0.25) is 5.15 Å². The first-order chi connectivity index (χ1) is 7.13. The predicted octanol–water partition coefficient (Wildman–Crippen LogP) is 1.77. The van der Waals surface area contributed by atoms with Gasteiger partial charge < -0.3 is 5.32 Å². The smallest absolute Gasteiger partial charge is 0.251 e. The fourth-order valence-corrected chi connectivity index (χ4v) is 1.21. The molecule has 1 aromatic rings. The maximum Gasteiger partial charge on any atom is 0.251 e. The molecule has 1 heterocycles. The molecule has 0 saturated heterocycles. The van der Waals surface area contributed by atoms with Crippen molar-refractivity contribution in [1.29, 1.82) is 5.26 Å². The number of carbonyl (C=O) groups is 1. The first kappa shape index (κ1) is 11.5. The zero-order valence-electron chi connectivity index (χ0n) is 8.20. The molecule has 0 aromatic carbocycles. The Bertz CT molecular complexity index is 400. The highest BCUT2D eigenvalue weighted by molar-refractivity contribution is 6.29. The summed E-state index contributed by atoms with van der Waals surface area (Å²) >= 11 is 5.64. The molecule has 15 heavy (non-hydrogen) atoms. The number of nitrogens with zero attached hydrogens (tertiary/aromatic N) is 2. The Hall–Kier alpha value is -1.60. The van der Waals surface area contributed by atoms with E-state index in [1.54, 1.807) is 13.0 Å². The number of carbonyl (C=O) groups excluding carboxylic acids is 1. The van der Waals surface area contributed by atoms with Gasteiger partial charge in [-0.2, -0.15) is 5.26 Å². The lowest BCUT2D eigenvalue weighted by molar-refractivity contribution is 0.0940. The molecule has 4 nitrogen and oxygen atoms in total. The van der Waals surface area contributed by atoms with Crippen LogP contribution < -0.4 is 5.32 Å². The van der Waals surface area contributed by atoms with Crippen molar-refractivity contribution in [2.45, 2.75) is 19.4 Å². The van der Waals surface area contributed by atoms with Crippen molar-refractivity contribution in [3.63, 3.8) is 0 Å². The SMILES string of the molecule is CC(CC#N)NC(=O)c1ccnc(Cl)c1. The highest BCUT2D eigenvalue weighted by Gasteiger charge is 2.09. The Morgan fingerprint density at radius 2 is 2.53 bits per heavy atom. The molecule has 1 atom stereocenters. The van der Waals surface area contributed by atoms with E-state index in [1.807, 2.05) is 6.07 Å². The highest BCUT2D eigenvalue weighted by atomic mass is 35.5. The number of rotatable bonds is 3. The molecular weight excluding hydrogens is 214 g/mol. The summed E-state index contributed by atoms with van der Waals surface area (Å²) in [6.45, 7) is 1.77. The van der Waals surface area contributed by atoms with Crippen molar-refractivity contribution < 1.29 is 4.79 Å². The van der Waals surface area contributed by atoms with Gasteiger partial charge in [0.2, 0.25) is 0 Å². The Labute approximate surface area is 92.9 Å². The summed E-state index contributed by atoms with van der Waals surface area (Å²) < 4.78 is 0. The van der Waals surface area contributed by atoms with Crippen molar-refractivity contribution in [2.75, 3.05) is 0 Å². The Balaban J connectivity index is 2.66. The quantitative estimate of drug-likeness (QED) is 0.795. The summed E-state index contributed by atoms with van der Waals surface area (Å²) in [4.78, 5) is 15.3. The zero-order chi connectivity index (χ0) is 11.3. The van der Waals surface area contributed by atoms with Gasteiger partial charge in [-0.05, 0) is 19.1 Å². The van der Waals surface area contributed by atoms with Crippen molar-refractivity contribution >= 4 is 17.5 Å². The number of hydrogen-bond acceptors (Lipinski definition) is 3. The lowest BCUT2D eigenvalue weighted by Crippen LogP contribution is -2.32. The van der Waals surface area contributed by atoms with Crippen LogP contribution in [0.4, 0.5) is 0 Å². The third-order valence-electron chi connectivity index (χ3n) is 1.76. The third-order valence-corrected chi connectivity index (χ3v) is 1.97. The van der Waals surface area contributed by atoms with Crippen LogP contribution in [0.3, 0.4) is 0 Å². The average molecular weight is 224 g/mol. The molecule has 1 amide bonds. The lowest BCUT2D eigenvalue weighted by Gasteiger charge is -2.09. The summed E-state index contributed by atoms with van der Waals surface area (Å²) in [7, 11) is 0. The Morgan fingerprint density at radius 1 is 1.80 bits per heavy atom. The summed E-state index contributed by atoms with van der Waals surface area (Å²) in [6, 6.07) is 4.86. The third kappa shape index (κ3) is 3.56. The van der Waals surface area contributed by atoms with Gasteiger partial charge in [0.15, 0.2) is 0 Å². The second-order valence-corrected chi connectivity index (χ2v) is 3.49. The maximum atomic E-state index is 11.6. The molecule has 78 valence electrons. The van der Waals surface area contributed by atoms with Gasteiger partial charge in [-0.3, -0.25) is 4.79 Å². The van der Waals surface area contributed by atoms with E-state index in [0.29, 0.717) is 5.56 Å². The standard InChI is InChI=1S/C10H10ClN3O/c1-7(2-4-12)14-10(15)8-3-5-13-9(11)6-8/h3,5-7H,2H2,1H3,(H,14,15). The zero-order valence-corrected chi connectivity index (χ0v) is 8.95. The van der Waals surface area contributed by atoms with Crippen molar-refractivity contribution in [2.24, 2.45) is 0 Å². The van der Waals surface area contributed by atoms with E-state index in [1.165, 1.54) is 12.3 Å². The first-order valence-electron chi connectivity index (χ1n) is 4.43. The molecular formula is C10H10ClN3O. The number of halogens is 1. The Morgan fingerprint density at radius 3 is 3.13 bits per heavy atom. The van der Waals surface area contributed by atoms with Crippen LogP contribution in [-0.4, -0.2) is 16.9 Å². The maximum absolute atomic E-state index is 11.6. The van der Waals surface area contributed by atoms with Gasteiger partial charge in [-0.1, -0.05) is 11.6 Å². The first-order valence-corrected chi connectivity index (χ1v) is 4.80. The molecule has 0 aliphatic heterocycles. The minimum atomic E-state index is -0.248. The van der Waals surface area contributed by atoms with Crippen LogP contribution in [0.1, 0.15) is 23.7 Å². The second kappa shape index (κ2) is 5.32. The van der Waals surface area contributed by atoms with Crippen LogP contribution in [-0.2, 0) is 0 Å². The van der Waals surface area contributed by atoms with E-state index in [0.717, 1.165) is 0 Å². The molecule has 0 spiro atoms. The van der Waals surface area contributed by atoms with Crippen molar-refractivity contribution in [1.82, 2.24) is 10.3 Å². The molecule has 1 aromatic heterocycles. The number of hydrogen-bond donors (Lipinski definition) is 1. The highest BCUT2D eigenvalue weighted by Crippen LogP contribution is 2.07. The Kier molecular flexibility index (Phi) is 4.07. The van der Waals surface area contributed by atoms with Gasteiger partial charge in [0.25, 0.3) is 5.91 Å². The second-order valence-electron chi connectivity index (χ2n) is 3.10. The normalized spacial score (nSPS) is 11.5. The van der Waals surface area contributed by atoms with E-state index < -0.39 is 0 Å². The van der Waals surface area contributed by atoms with E-state index >= 15 is 0 Å². The van der Waals surface area contributed by atoms with E-state index in [9.17, 15) is 4.79 Å². The molecule has 0 fully saturated rings. The molecule has 5 heteroatoms. The van der Waals surface area contributed by atoms with Crippen LogP contribution in [0.15, 0.2) is 18.3 Å².